The summed E-state index contributed by atoms with van der Waals surface area (Å²) in [6, 6.07) is 20.4. The van der Waals surface area contributed by atoms with Crippen molar-refractivity contribution >= 4 is 34.7 Å². The number of ether oxygens (including phenoxy) is 1. The van der Waals surface area contributed by atoms with Crippen molar-refractivity contribution in [2.45, 2.75) is 27.3 Å². The predicted molar refractivity (Wildman–Crippen MR) is 131 cm³/mol. The zero-order valence-electron chi connectivity index (χ0n) is 18.8. The van der Waals surface area contributed by atoms with E-state index in [4.69, 9.17) is 16.3 Å². The van der Waals surface area contributed by atoms with E-state index in [0.29, 0.717) is 34.2 Å². The number of anilines is 1. The van der Waals surface area contributed by atoms with Gasteiger partial charge in [-0.05, 0) is 61.7 Å². The second kappa shape index (κ2) is 9.51. The molecule has 168 valence electrons. The monoisotopic (exact) mass is 460 g/mol. The Labute approximate surface area is 198 Å². The molecule has 3 aromatic carbocycles. The number of rotatable bonds is 7. The van der Waals surface area contributed by atoms with E-state index in [1.807, 2.05) is 57.2 Å². The Bertz CT molecular complexity index is 1230. The topological polar surface area (TPSA) is 58.6 Å². The lowest BCUT2D eigenvalue weighted by atomic mass is 10.0. The van der Waals surface area contributed by atoms with Crippen LogP contribution in [0.1, 0.15) is 29.2 Å². The number of carbonyl (C=O) groups excluding carboxylic acids is 2. The fraction of sp³-hybridized carbons (Fsp3) is 0.185. The lowest BCUT2D eigenvalue weighted by Crippen LogP contribution is -2.32. The Hall–Kier alpha value is -3.57. The van der Waals surface area contributed by atoms with Gasteiger partial charge in [-0.3, -0.25) is 14.5 Å². The maximum atomic E-state index is 13.5. The van der Waals surface area contributed by atoms with Crippen molar-refractivity contribution in [1.82, 2.24) is 4.90 Å². The van der Waals surface area contributed by atoms with Crippen molar-refractivity contribution < 1.29 is 14.3 Å². The smallest absolute Gasteiger partial charge is 0.278 e. The first kappa shape index (κ1) is 22.6. The van der Waals surface area contributed by atoms with Gasteiger partial charge in [0, 0.05) is 10.7 Å². The first-order valence-corrected chi connectivity index (χ1v) is 11.2. The minimum Gasteiger partial charge on any atom is -0.494 e. The number of nitrogens with one attached hydrogen (secondary N) is 1. The van der Waals surface area contributed by atoms with Gasteiger partial charge in [0.2, 0.25) is 0 Å². The molecule has 0 aromatic heterocycles. The maximum absolute atomic E-state index is 13.5. The summed E-state index contributed by atoms with van der Waals surface area (Å²) in [5, 5.41) is 3.73. The molecule has 1 aliphatic rings. The molecule has 2 amide bonds. The van der Waals surface area contributed by atoms with E-state index in [0.717, 1.165) is 16.7 Å². The van der Waals surface area contributed by atoms with Crippen LogP contribution in [0.15, 0.2) is 72.4 Å². The van der Waals surface area contributed by atoms with E-state index >= 15 is 0 Å². The van der Waals surface area contributed by atoms with Crippen LogP contribution >= 0.6 is 11.6 Å². The van der Waals surface area contributed by atoms with Crippen molar-refractivity contribution in [2.24, 2.45) is 0 Å². The zero-order valence-corrected chi connectivity index (χ0v) is 19.6. The average Bonchev–Trinajstić information content (AvgIpc) is 3.03. The van der Waals surface area contributed by atoms with Gasteiger partial charge < -0.3 is 10.1 Å². The highest BCUT2D eigenvalue weighted by atomic mass is 35.5. The molecule has 1 heterocycles. The van der Waals surface area contributed by atoms with Gasteiger partial charge in [-0.1, -0.05) is 59.6 Å². The van der Waals surface area contributed by atoms with E-state index in [1.165, 1.54) is 4.90 Å². The summed E-state index contributed by atoms with van der Waals surface area (Å²) in [6.07, 6.45) is 0. The highest BCUT2D eigenvalue weighted by Crippen LogP contribution is 2.33. The summed E-state index contributed by atoms with van der Waals surface area (Å²) >= 11 is 6.28. The third kappa shape index (κ3) is 4.78. The van der Waals surface area contributed by atoms with Crippen LogP contribution in [0.5, 0.6) is 5.75 Å². The van der Waals surface area contributed by atoms with Gasteiger partial charge >= 0.3 is 0 Å². The molecule has 5 nitrogen and oxygen atoms in total. The van der Waals surface area contributed by atoms with E-state index in [2.05, 4.69) is 5.32 Å². The molecule has 0 fully saturated rings. The molecule has 3 aromatic rings. The summed E-state index contributed by atoms with van der Waals surface area (Å²) in [7, 11) is 0. The van der Waals surface area contributed by atoms with Crippen LogP contribution in [-0.2, 0) is 16.1 Å². The molecule has 1 N–H and O–H groups in total. The van der Waals surface area contributed by atoms with Crippen molar-refractivity contribution in [2.75, 3.05) is 11.9 Å². The van der Waals surface area contributed by atoms with Gasteiger partial charge in [-0.2, -0.15) is 0 Å². The van der Waals surface area contributed by atoms with Crippen LogP contribution in [0.3, 0.4) is 0 Å². The Balaban J connectivity index is 1.72. The number of halogens is 1. The van der Waals surface area contributed by atoms with Crippen molar-refractivity contribution in [3.05, 3.63) is 99.7 Å². The molecule has 4 rings (SSSR count). The Kier molecular flexibility index (Phi) is 6.52. The number of imide groups is 1. The largest absolute Gasteiger partial charge is 0.494 e. The fourth-order valence-electron chi connectivity index (χ4n) is 3.68. The zero-order chi connectivity index (χ0) is 23.5. The number of benzene rings is 3. The van der Waals surface area contributed by atoms with Crippen LogP contribution in [0.4, 0.5) is 5.69 Å². The van der Waals surface area contributed by atoms with Crippen molar-refractivity contribution in [3.8, 4) is 5.75 Å². The number of hydrogen-bond donors (Lipinski definition) is 1. The maximum Gasteiger partial charge on any atom is 0.278 e. The molecular weight excluding hydrogens is 436 g/mol. The van der Waals surface area contributed by atoms with E-state index in [-0.39, 0.29) is 24.1 Å². The SMILES string of the molecule is CCOc1ccc(C2=C(Nc3ccc(C)c(Cl)c3)C(=O)N(Cc3ccc(C)cc3)C2=O)cc1. The normalized spacial score (nSPS) is 13.6. The predicted octanol–water partition coefficient (Wildman–Crippen LogP) is 5.75. The summed E-state index contributed by atoms with van der Waals surface area (Å²) in [4.78, 5) is 28.2. The summed E-state index contributed by atoms with van der Waals surface area (Å²) in [5.41, 5.74) is 4.77. The van der Waals surface area contributed by atoms with Crippen molar-refractivity contribution in [1.29, 1.82) is 0 Å². The van der Waals surface area contributed by atoms with Gasteiger partial charge in [-0.25, -0.2) is 0 Å². The van der Waals surface area contributed by atoms with E-state index in [9.17, 15) is 9.59 Å². The third-order valence-corrected chi connectivity index (χ3v) is 5.93. The molecule has 0 spiro atoms. The summed E-state index contributed by atoms with van der Waals surface area (Å²) in [5.74, 6) is -0.0124. The molecule has 0 bridgehead atoms. The number of aryl methyl sites for hydroxylation is 2. The highest BCUT2D eigenvalue weighted by Gasteiger charge is 2.39. The first-order valence-electron chi connectivity index (χ1n) is 10.8. The van der Waals surface area contributed by atoms with Crippen LogP contribution in [0, 0.1) is 13.8 Å². The Morgan fingerprint density at radius 3 is 2.24 bits per heavy atom. The average molecular weight is 461 g/mol. The van der Waals surface area contributed by atoms with Gasteiger partial charge in [-0.15, -0.1) is 0 Å². The third-order valence-electron chi connectivity index (χ3n) is 5.52. The number of nitrogens with zero attached hydrogens (tertiary/aromatic N) is 1. The Morgan fingerprint density at radius 2 is 1.61 bits per heavy atom. The molecule has 0 atom stereocenters. The summed E-state index contributed by atoms with van der Waals surface area (Å²) in [6.45, 7) is 6.55. The lowest BCUT2D eigenvalue weighted by molar-refractivity contribution is -0.137. The lowest BCUT2D eigenvalue weighted by Gasteiger charge is -2.16. The molecule has 0 saturated carbocycles. The molecule has 0 unspecified atom stereocenters. The van der Waals surface area contributed by atoms with Crippen LogP contribution in [-0.4, -0.2) is 23.3 Å². The second-order valence-corrected chi connectivity index (χ2v) is 8.39. The van der Waals surface area contributed by atoms with Crippen molar-refractivity contribution in [3.63, 3.8) is 0 Å². The number of amides is 2. The molecule has 6 heteroatoms. The highest BCUT2D eigenvalue weighted by molar-refractivity contribution is 6.36. The minimum absolute atomic E-state index is 0.193. The molecule has 0 aliphatic carbocycles. The van der Waals surface area contributed by atoms with Crippen LogP contribution in [0.25, 0.3) is 5.57 Å². The molecule has 1 aliphatic heterocycles. The molecule has 0 saturated heterocycles. The molecule has 0 radical (unpaired) electrons. The van der Waals surface area contributed by atoms with Crippen LogP contribution < -0.4 is 10.1 Å². The van der Waals surface area contributed by atoms with Crippen LogP contribution in [0.2, 0.25) is 5.02 Å². The fourth-order valence-corrected chi connectivity index (χ4v) is 3.86. The van der Waals surface area contributed by atoms with E-state index < -0.39 is 0 Å². The quantitative estimate of drug-likeness (QED) is 0.456. The number of carbonyl (C=O) groups is 2. The first-order chi connectivity index (χ1) is 15.9. The molecular formula is C27H25ClN2O3. The van der Waals surface area contributed by atoms with Gasteiger partial charge in [0.15, 0.2) is 0 Å². The summed E-state index contributed by atoms with van der Waals surface area (Å²) < 4.78 is 5.52. The Morgan fingerprint density at radius 1 is 0.909 bits per heavy atom. The number of hydrogen-bond acceptors (Lipinski definition) is 4. The molecule has 33 heavy (non-hydrogen) atoms. The minimum atomic E-state index is -0.374. The second-order valence-electron chi connectivity index (χ2n) is 7.98. The van der Waals surface area contributed by atoms with Gasteiger partial charge in [0.05, 0.1) is 18.7 Å². The standard InChI is InChI=1S/C27H25ClN2O3/c1-4-33-22-13-10-20(11-14-22)24-25(29-21-12-7-18(3)23(28)15-21)27(32)30(26(24)31)16-19-8-5-17(2)6-9-19/h5-15,29H,4,16H2,1-3H3. The van der Waals surface area contributed by atoms with E-state index in [1.54, 1.807) is 30.3 Å². The van der Waals surface area contributed by atoms with Gasteiger partial charge in [0.1, 0.15) is 11.4 Å². The van der Waals surface area contributed by atoms with Gasteiger partial charge in [0.25, 0.3) is 11.8 Å².